The zero-order valence-corrected chi connectivity index (χ0v) is 10.5. The van der Waals surface area contributed by atoms with Crippen molar-refractivity contribution in [2.45, 2.75) is 32.5 Å². The Labute approximate surface area is 105 Å². The average molecular weight is 261 g/mol. The van der Waals surface area contributed by atoms with E-state index in [4.69, 9.17) is 0 Å². The number of benzene rings is 1. The molecule has 0 heterocycles. The zero-order chi connectivity index (χ0) is 13.8. The van der Waals surface area contributed by atoms with E-state index in [0.717, 1.165) is 5.56 Å². The third kappa shape index (κ3) is 4.22. The van der Waals surface area contributed by atoms with Crippen molar-refractivity contribution >= 4 is 5.69 Å². The molecular formula is C13H18F3NO. The summed E-state index contributed by atoms with van der Waals surface area (Å²) in [6, 6.07) is 6.57. The molecule has 1 N–H and O–H groups in total. The molecule has 0 fully saturated rings. The molecule has 5 heteroatoms. The molecule has 0 bridgehead atoms. The molecule has 0 aliphatic carbocycles. The van der Waals surface area contributed by atoms with E-state index in [-0.39, 0.29) is 6.54 Å². The first-order chi connectivity index (χ1) is 8.37. The van der Waals surface area contributed by atoms with Gasteiger partial charge in [0, 0.05) is 12.2 Å². The Morgan fingerprint density at radius 1 is 1.17 bits per heavy atom. The Kier molecular flexibility index (Phi) is 5.02. The fourth-order valence-electron chi connectivity index (χ4n) is 1.75. The van der Waals surface area contributed by atoms with Crippen LogP contribution in [0.2, 0.25) is 0 Å². The minimum atomic E-state index is -4.21. The molecule has 1 atom stereocenters. The third-order valence-electron chi connectivity index (χ3n) is 2.78. The van der Waals surface area contributed by atoms with Gasteiger partial charge in [-0.15, -0.1) is 0 Å². The summed E-state index contributed by atoms with van der Waals surface area (Å²) in [6.07, 6.45) is -4.19. The third-order valence-corrected chi connectivity index (χ3v) is 2.78. The quantitative estimate of drug-likeness (QED) is 0.876. The fraction of sp³-hybridized carbons (Fsp3) is 0.538. The van der Waals surface area contributed by atoms with Crippen molar-refractivity contribution in [3.63, 3.8) is 0 Å². The van der Waals surface area contributed by atoms with Gasteiger partial charge < -0.3 is 10.0 Å². The highest BCUT2D eigenvalue weighted by Gasteiger charge is 2.30. The van der Waals surface area contributed by atoms with Gasteiger partial charge in [0.15, 0.2) is 0 Å². The van der Waals surface area contributed by atoms with Gasteiger partial charge in [0.2, 0.25) is 0 Å². The van der Waals surface area contributed by atoms with E-state index >= 15 is 0 Å². The van der Waals surface area contributed by atoms with Crippen LogP contribution < -0.4 is 4.90 Å². The van der Waals surface area contributed by atoms with Gasteiger partial charge in [-0.1, -0.05) is 19.1 Å². The number of hydrogen-bond donors (Lipinski definition) is 1. The number of aliphatic hydroxyl groups excluding tert-OH is 1. The van der Waals surface area contributed by atoms with E-state index in [2.05, 4.69) is 0 Å². The Morgan fingerprint density at radius 2 is 1.72 bits per heavy atom. The van der Waals surface area contributed by atoms with Crippen LogP contribution >= 0.6 is 0 Å². The monoisotopic (exact) mass is 261 g/mol. The van der Waals surface area contributed by atoms with Crippen LogP contribution in [0.25, 0.3) is 0 Å². The second kappa shape index (κ2) is 6.09. The van der Waals surface area contributed by atoms with Crippen LogP contribution in [-0.2, 0) is 0 Å². The summed E-state index contributed by atoms with van der Waals surface area (Å²) >= 11 is 0. The van der Waals surface area contributed by atoms with Gasteiger partial charge in [0.1, 0.15) is 6.54 Å². The van der Waals surface area contributed by atoms with Crippen LogP contribution in [0.15, 0.2) is 24.3 Å². The van der Waals surface area contributed by atoms with Gasteiger partial charge in [-0.2, -0.15) is 13.2 Å². The van der Waals surface area contributed by atoms with E-state index < -0.39 is 18.8 Å². The summed E-state index contributed by atoms with van der Waals surface area (Å²) in [6.45, 7) is 2.86. The van der Waals surface area contributed by atoms with Crippen molar-refractivity contribution in [1.29, 1.82) is 0 Å². The highest BCUT2D eigenvalue weighted by molar-refractivity contribution is 5.48. The van der Waals surface area contributed by atoms with E-state index in [1.165, 1.54) is 4.90 Å². The van der Waals surface area contributed by atoms with E-state index in [0.29, 0.717) is 12.1 Å². The highest BCUT2D eigenvalue weighted by Crippen LogP contribution is 2.24. The Balaban J connectivity index is 2.82. The lowest BCUT2D eigenvalue weighted by Gasteiger charge is -2.24. The Morgan fingerprint density at radius 3 is 2.11 bits per heavy atom. The molecule has 1 rings (SSSR count). The van der Waals surface area contributed by atoms with E-state index in [9.17, 15) is 18.3 Å². The number of alkyl halides is 3. The summed E-state index contributed by atoms with van der Waals surface area (Å²) in [4.78, 5) is 1.25. The molecule has 0 radical (unpaired) electrons. The Bertz CT molecular complexity index is 361. The van der Waals surface area contributed by atoms with Crippen LogP contribution in [0.4, 0.5) is 18.9 Å². The summed E-state index contributed by atoms with van der Waals surface area (Å²) in [7, 11) is 0. The van der Waals surface area contributed by atoms with Gasteiger partial charge in [0.25, 0.3) is 0 Å². The van der Waals surface area contributed by atoms with E-state index in [1.54, 1.807) is 31.2 Å². The number of halogens is 3. The molecular weight excluding hydrogens is 243 g/mol. The average Bonchev–Trinajstić information content (AvgIpc) is 2.34. The predicted molar refractivity (Wildman–Crippen MR) is 65.6 cm³/mol. The molecule has 0 saturated heterocycles. The maximum absolute atomic E-state index is 12.4. The first-order valence-electron chi connectivity index (χ1n) is 5.97. The summed E-state index contributed by atoms with van der Waals surface area (Å²) in [5.41, 5.74) is 1.24. The van der Waals surface area contributed by atoms with Gasteiger partial charge in [-0.3, -0.25) is 0 Å². The summed E-state index contributed by atoms with van der Waals surface area (Å²) < 4.78 is 37.1. The highest BCUT2D eigenvalue weighted by atomic mass is 19.4. The molecule has 0 saturated carbocycles. The minimum Gasteiger partial charge on any atom is -0.388 e. The topological polar surface area (TPSA) is 23.5 Å². The predicted octanol–water partition coefficient (Wildman–Crippen LogP) is 3.52. The second-order valence-corrected chi connectivity index (χ2v) is 4.14. The van der Waals surface area contributed by atoms with Crippen molar-refractivity contribution in [3.8, 4) is 0 Å². The fourth-order valence-corrected chi connectivity index (χ4v) is 1.75. The summed E-state index contributed by atoms with van der Waals surface area (Å²) in [5, 5.41) is 9.61. The molecule has 1 aromatic rings. The van der Waals surface area contributed by atoms with Gasteiger partial charge >= 0.3 is 6.18 Å². The van der Waals surface area contributed by atoms with Gasteiger partial charge in [-0.05, 0) is 31.0 Å². The normalized spacial score (nSPS) is 13.4. The standard InChI is InChI=1S/C13H18F3NO/c1-3-12(18)10-5-7-11(8-6-10)17(4-2)9-13(14,15)16/h5-8,12,18H,3-4,9H2,1-2H3. The van der Waals surface area contributed by atoms with E-state index in [1.807, 2.05) is 6.92 Å². The first kappa shape index (κ1) is 14.8. The van der Waals surface area contributed by atoms with Crippen LogP contribution in [0.5, 0.6) is 0 Å². The molecule has 0 spiro atoms. The number of rotatable bonds is 5. The SMILES string of the molecule is CCC(O)c1ccc(N(CC)CC(F)(F)F)cc1. The number of anilines is 1. The lowest BCUT2D eigenvalue weighted by atomic mass is 10.1. The lowest BCUT2D eigenvalue weighted by molar-refractivity contribution is -0.119. The minimum absolute atomic E-state index is 0.287. The van der Waals surface area contributed by atoms with Crippen molar-refractivity contribution < 1.29 is 18.3 Å². The Hall–Kier alpha value is -1.23. The molecule has 0 aliphatic rings. The number of nitrogens with zero attached hydrogens (tertiary/aromatic N) is 1. The lowest BCUT2D eigenvalue weighted by Crippen LogP contribution is -2.34. The maximum Gasteiger partial charge on any atom is 0.405 e. The van der Waals surface area contributed by atoms with Crippen LogP contribution in [0.1, 0.15) is 31.9 Å². The summed E-state index contributed by atoms with van der Waals surface area (Å²) in [5.74, 6) is 0. The van der Waals surface area contributed by atoms with Crippen LogP contribution in [-0.4, -0.2) is 24.4 Å². The number of aliphatic hydroxyl groups is 1. The molecule has 2 nitrogen and oxygen atoms in total. The second-order valence-electron chi connectivity index (χ2n) is 4.14. The van der Waals surface area contributed by atoms with Crippen molar-refractivity contribution in [3.05, 3.63) is 29.8 Å². The molecule has 0 amide bonds. The molecule has 1 aromatic carbocycles. The van der Waals surface area contributed by atoms with Crippen molar-refractivity contribution in [1.82, 2.24) is 0 Å². The number of hydrogen-bond acceptors (Lipinski definition) is 2. The molecule has 18 heavy (non-hydrogen) atoms. The van der Waals surface area contributed by atoms with Crippen molar-refractivity contribution in [2.24, 2.45) is 0 Å². The van der Waals surface area contributed by atoms with Crippen LogP contribution in [0, 0.1) is 0 Å². The molecule has 1 unspecified atom stereocenters. The smallest absolute Gasteiger partial charge is 0.388 e. The first-order valence-corrected chi connectivity index (χ1v) is 5.97. The molecule has 0 aliphatic heterocycles. The molecule has 0 aromatic heterocycles. The maximum atomic E-state index is 12.4. The van der Waals surface area contributed by atoms with Crippen molar-refractivity contribution in [2.75, 3.05) is 18.0 Å². The largest absolute Gasteiger partial charge is 0.405 e. The van der Waals surface area contributed by atoms with Crippen LogP contribution in [0.3, 0.4) is 0 Å². The van der Waals surface area contributed by atoms with Gasteiger partial charge in [0.05, 0.1) is 6.10 Å². The zero-order valence-electron chi connectivity index (χ0n) is 10.5. The van der Waals surface area contributed by atoms with Gasteiger partial charge in [-0.25, -0.2) is 0 Å². The molecule has 102 valence electrons.